The molecule has 21 heavy (non-hydrogen) atoms. The number of aliphatic carboxylic acids is 1. The second-order valence-electron chi connectivity index (χ2n) is 4.66. The molecule has 0 aliphatic heterocycles. The number of allylic oxidation sites excluding steroid dienone is 1. The maximum absolute atomic E-state index is 11.9. The first kappa shape index (κ1) is 19.4. The van der Waals surface area contributed by atoms with Crippen LogP contribution in [0, 0.1) is 11.8 Å². The summed E-state index contributed by atoms with van der Waals surface area (Å²) >= 11 is 0. The molecule has 1 atom stereocenters. The highest BCUT2D eigenvalue weighted by atomic mass is 16.7. The Bertz CT molecular complexity index is 360. The second kappa shape index (κ2) is 10.2. The average Bonchev–Trinajstić information content (AvgIpc) is 2.35. The normalized spacial score (nSPS) is 13.5. The van der Waals surface area contributed by atoms with Crippen molar-refractivity contribution in [2.24, 2.45) is 17.6 Å². The minimum Gasteiger partial charge on any atom is -0.481 e. The highest BCUT2D eigenvalue weighted by Crippen LogP contribution is 2.13. The van der Waals surface area contributed by atoms with Gasteiger partial charge in [0.05, 0.1) is 0 Å². The Balaban J connectivity index is 4.58. The molecule has 0 aromatic heterocycles. The Morgan fingerprint density at radius 2 is 1.71 bits per heavy atom. The number of hydrogen-bond acceptors (Lipinski definition) is 6. The second-order valence-corrected chi connectivity index (χ2v) is 4.66. The van der Waals surface area contributed by atoms with Gasteiger partial charge in [0.15, 0.2) is 18.0 Å². The van der Waals surface area contributed by atoms with E-state index in [0.29, 0.717) is 13.2 Å². The Kier molecular flexibility index (Phi) is 9.40. The van der Waals surface area contributed by atoms with Gasteiger partial charge in [-0.15, -0.1) is 0 Å². The van der Waals surface area contributed by atoms with Gasteiger partial charge in [-0.2, -0.15) is 0 Å². The molecule has 0 fully saturated rings. The van der Waals surface area contributed by atoms with Crippen molar-refractivity contribution < 1.29 is 28.9 Å². The highest BCUT2D eigenvalue weighted by molar-refractivity contribution is 6.04. The zero-order valence-corrected chi connectivity index (χ0v) is 13.0. The molecule has 122 valence electrons. The van der Waals surface area contributed by atoms with Gasteiger partial charge in [0.2, 0.25) is 0 Å². The molecule has 0 saturated carbocycles. The lowest BCUT2D eigenvalue weighted by Crippen LogP contribution is -2.29. The van der Waals surface area contributed by atoms with Crippen molar-refractivity contribution in [2.45, 2.75) is 34.0 Å². The Morgan fingerprint density at radius 3 is 2.10 bits per heavy atom. The van der Waals surface area contributed by atoms with Crippen molar-refractivity contribution >= 4 is 11.8 Å². The predicted molar refractivity (Wildman–Crippen MR) is 76.2 cm³/mol. The van der Waals surface area contributed by atoms with Crippen molar-refractivity contribution in [3.05, 3.63) is 12.0 Å². The van der Waals surface area contributed by atoms with Crippen LogP contribution in [-0.4, -0.2) is 43.0 Å². The molecule has 7 heteroatoms. The summed E-state index contributed by atoms with van der Waals surface area (Å²) in [6.07, 6.45) is 0.413. The predicted octanol–water partition coefficient (Wildman–Crippen LogP) is 1.13. The first-order chi connectivity index (χ1) is 9.83. The average molecular weight is 303 g/mol. The van der Waals surface area contributed by atoms with Gasteiger partial charge in [0.1, 0.15) is 12.5 Å². The molecule has 0 aromatic rings. The molecule has 0 rings (SSSR count). The summed E-state index contributed by atoms with van der Waals surface area (Å²) in [7, 11) is 0. The van der Waals surface area contributed by atoms with E-state index in [-0.39, 0.29) is 18.4 Å². The summed E-state index contributed by atoms with van der Waals surface area (Å²) in [5, 5.41) is 9.01. The minimum absolute atomic E-state index is 0.0245. The van der Waals surface area contributed by atoms with Crippen molar-refractivity contribution in [1.82, 2.24) is 0 Å². The van der Waals surface area contributed by atoms with E-state index >= 15 is 0 Å². The Labute approximate surface area is 125 Å². The number of carboxylic acid groups (broad SMARTS) is 1. The summed E-state index contributed by atoms with van der Waals surface area (Å²) in [5.74, 6) is -3.41. The molecule has 1 unspecified atom stereocenters. The number of carbonyl (C=O) groups excluding carboxylic acids is 1. The molecule has 0 aromatic carbocycles. The molecule has 3 N–H and O–H groups in total. The number of hydrogen-bond donors (Lipinski definition) is 2. The molecule has 0 heterocycles. The largest absolute Gasteiger partial charge is 0.481 e. The van der Waals surface area contributed by atoms with E-state index in [9.17, 15) is 9.59 Å². The molecule has 0 amide bonds. The molecular weight excluding hydrogens is 278 g/mol. The van der Waals surface area contributed by atoms with E-state index in [1.165, 1.54) is 0 Å². The molecule has 7 nitrogen and oxygen atoms in total. The molecular formula is C14H25NO6. The Morgan fingerprint density at radius 1 is 1.19 bits per heavy atom. The first-order valence-electron chi connectivity index (χ1n) is 6.93. The van der Waals surface area contributed by atoms with Gasteiger partial charge in [-0.1, -0.05) is 13.8 Å². The van der Waals surface area contributed by atoms with Gasteiger partial charge < -0.3 is 25.1 Å². The minimum atomic E-state index is -1.18. The van der Waals surface area contributed by atoms with E-state index < -0.39 is 24.0 Å². The maximum Gasteiger partial charge on any atom is 0.314 e. The van der Waals surface area contributed by atoms with E-state index in [0.717, 1.165) is 6.08 Å². The highest BCUT2D eigenvalue weighted by Gasteiger charge is 2.28. The van der Waals surface area contributed by atoms with Crippen molar-refractivity contribution in [2.75, 3.05) is 19.8 Å². The van der Waals surface area contributed by atoms with E-state index in [2.05, 4.69) is 0 Å². The van der Waals surface area contributed by atoms with Crippen LogP contribution in [-0.2, 0) is 23.8 Å². The summed E-state index contributed by atoms with van der Waals surface area (Å²) in [6.45, 7) is 7.86. The quantitative estimate of drug-likeness (QED) is 0.255. The van der Waals surface area contributed by atoms with E-state index in [1.54, 1.807) is 13.8 Å². The van der Waals surface area contributed by atoms with Gasteiger partial charge in [-0.3, -0.25) is 9.59 Å². The molecule has 0 saturated heterocycles. The summed E-state index contributed by atoms with van der Waals surface area (Å²) < 4.78 is 15.7. The van der Waals surface area contributed by atoms with Gasteiger partial charge in [-0.25, -0.2) is 0 Å². The van der Waals surface area contributed by atoms with Crippen LogP contribution < -0.4 is 5.73 Å². The van der Waals surface area contributed by atoms with Crippen LogP contribution in [0.3, 0.4) is 0 Å². The van der Waals surface area contributed by atoms with Gasteiger partial charge in [0, 0.05) is 19.3 Å². The molecule has 0 aliphatic carbocycles. The number of ketones is 1. The first-order valence-corrected chi connectivity index (χ1v) is 6.93. The third-order valence-corrected chi connectivity index (χ3v) is 2.61. The van der Waals surface area contributed by atoms with E-state index in [4.69, 9.17) is 25.1 Å². The number of rotatable bonds is 11. The summed E-state index contributed by atoms with van der Waals surface area (Å²) in [5.41, 5.74) is 5.57. The van der Waals surface area contributed by atoms with Gasteiger partial charge >= 0.3 is 5.97 Å². The monoisotopic (exact) mass is 303 g/mol. The number of carboxylic acids is 1. The van der Waals surface area contributed by atoms with Crippen molar-refractivity contribution in [3.63, 3.8) is 0 Å². The number of carbonyl (C=O) groups is 2. The van der Waals surface area contributed by atoms with Crippen LogP contribution in [0.2, 0.25) is 0 Å². The van der Waals surface area contributed by atoms with Crippen LogP contribution in [0.4, 0.5) is 0 Å². The lowest BCUT2D eigenvalue weighted by atomic mass is 9.91. The lowest BCUT2D eigenvalue weighted by Gasteiger charge is -2.18. The smallest absolute Gasteiger partial charge is 0.314 e. The van der Waals surface area contributed by atoms with Gasteiger partial charge in [-0.05, 0) is 19.8 Å². The topological polar surface area (TPSA) is 108 Å². The van der Waals surface area contributed by atoms with Crippen molar-refractivity contribution in [3.8, 4) is 0 Å². The van der Waals surface area contributed by atoms with Crippen LogP contribution >= 0.6 is 0 Å². The summed E-state index contributed by atoms with van der Waals surface area (Å²) in [6, 6.07) is 0. The zero-order chi connectivity index (χ0) is 16.4. The van der Waals surface area contributed by atoms with Crippen LogP contribution in [0.25, 0.3) is 0 Å². The number of nitrogens with two attached hydrogens (primary N) is 1. The lowest BCUT2D eigenvalue weighted by molar-refractivity contribution is -0.161. The molecule has 0 radical (unpaired) electrons. The SMILES string of the molecule is CCOC(COC(N)=CC(=O)C(C(=O)O)C(C)C)OCC. The molecule has 0 aliphatic rings. The summed E-state index contributed by atoms with van der Waals surface area (Å²) in [4.78, 5) is 22.9. The maximum atomic E-state index is 11.9. The fourth-order valence-electron chi connectivity index (χ4n) is 1.69. The zero-order valence-electron chi connectivity index (χ0n) is 13.0. The molecule has 0 spiro atoms. The fourth-order valence-corrected chi connectivity index (χ4v) is 1.69. The van der Waals surface area contributed by atoms with Crippen LogP contribution in [0.15, 0.2) is 12.0 Å². The van der Waals surface area contributed by atoms with Gasteiger partial charge in [0.25, 0.3) is 0 Å². The third kappa shape index (κ3) is 7.67. The standard InChI is InChI=1S/C14H25NO6/c1-5-19-12(20-6-2)8-21-11(15)7-10(16)13(9(3)4)14(17)18/h7,9,12-13H,5-6,8,15H2,1-4H3,(H,17,18). The van der Waals surface area contributed by atoms with Crippen LogP contribution in [0.1, 0.15) is 27.7 Å². The fraction of sp³-hybridized carbons (Fsp3) is 0.714. The number of ether oxygens (including phenoxy) is 3. The van der Waals surface area contributed by atoms with Crippen LogP contribution in [0.5, 0.6) is 0 Å². The molecule has 0 bridgehead atoms. The Hall–Kier alpha value is -1.60. The van der Waals surface area contributed by atoms with Crippen molar-refractivity contribution in [1.29, 1.82) is 0 Å². The third-order valence-electron chi connectivity index (χ3n) is 2.61. The van der Waals surface area contributed by atoms with E-state index in [1.807, 2.05) is 13.8 Å².